The summed E-state index contributed by atoms with van der Waals surface area (Å²) in [5, 5.41) is 5.61. The summed E-state index contributed by atoms with van der Waals surface area (Å²) in [5.41, 5.74) is 0.480. The lowest BCUT2D eigenvalue weighted by atomic mass is 10.1. The number of nitrogens with zero attached hydrogens (tertiary/aromatic N) is 3. The number of amides is 2. The Hall–Kier alpha value is -3.16. The van der Waals surface area contributed by atoms with Gasteiger partial charge in [0.2, 0.25) is 11.9 Å². The van der Waals surface area contributed by atoms with Gasteiger partial charge >= 0.3 is 0 Å². The van der Waals surface area contributed by atoms with Crippen LogP contribution in [0.3, 0.4) is 0 Å². The van der Waals surface area contributed by atoms with Crippen LogP contribution in [-0.4, -0.2) is 54.6 Å². The van der Waals surface area contributed by atoms with Gasteiger partial charge in [-0.05, 0) is 43.2 Å². The van der Waals surface area contributed by atoms with Gasteiger partial charge in [0.1, 0.15) is 5.75 Å². The van der Waals surface area contributed by atoms with Crippen LogP contribution in [-0.2, 0) is 4.79 Å². The molecule has 8 nitrogen and oxygen atoms in total. The van der Waals surface area contributed by atoms with Crippen LogP contribution >= 0.6 is 0 Å². The van der Waals surface area contributed by atoms with E-state index in [-0.39, 0.29) is 24.4 Å². The number of piperidine rings is 1. The minimum atomic E-state index is -0.296. The Morgan fingerprint density at radius 1 is 1.22 bits per heavy atom. The molecule has 0 radical (unpaired) electrons. The zero-order valence-electron chi connectivity index (χ0n) is 15.2. The number of hydrogen-bond donors (Lipinski definition) is 2. The average molecular weight is 369 g/mol. The van der Waals surface area contributed by atoms with Crippen molar-refractivity contribution in [2.75, 3.05) is 31.6 Å². The molecule has 1 aromatic carbocycles. The highest BCUT2D eigenvalue weighted by Gasteiger charge is 2.23. The first-order chi connectivity index (χ1) is 13.2. The van der Waals surface area contributed by atoms with Gasteiger partial charge in [-0.1, -0.05) is 0 Å². The number of hydrogen-bond acceptors (Lipinski definition) is 6. The first-order valence-electron chi connectivity index (χ1n) is 8.89. The Morgan fingerprint density at radius 3 is 2.67 bits per heavy atom. The smallest absolute Gasteiger partial charge is 0.251 e. The zero-order chi connectivity index (χ0) is 19.1. The van der Waals surface area contributed by atoms with Crippen molar-refractivity contribution in [3.63, 3.8) is 0 Å². The van der Waals surface area contributed by atoms with E-state index < -0.39 is 0 Å². The fourth-order valence-corrected chi connectivity index (χ4v) is 3.01. The van der Waals surface area contributed by atoms with Crippen LogP contribution in [0.15, 0.2) is 42.7 Å². The van der Waals surface area contributed by atoms with E-state index in [9.17, 15) is 9.59 Å². The van der Waals surface area contributed by atoms with Crippen LogP contribution in [0, 0.1) is 0 Å². The third kappa shape index (κ3) is 5.16. The highest BCUT2D eigenvalue weighted by atomic mass is 16.5. The summed E-state index contributed by atoms with van der Waals surface area (Å²) in [4.78, 5) is 34.9. The van der Waals surface area contributed by atoms with Crippen molar-refractivity contribution in [2.45, 2.75) is 18.9 Å². The van der Waals surface area contributed by atoms with E-state index in [0.29, 0.717) is 23.8 Å². The molecule has 0 saturated carbocycles. The molecule has 8 heteroatoms. The molecule has 1 atom stereocenters. The third-order valence-corrected chi connectivity index (χ3v) is 4.38. The van der Waals surface area contributed by atoms with Crippen LogP contribution in [0.2, 0.25) is 0 Å². The molecule has 0 aliphatic carbocycles. The lowest BCUT2D eigenvalue weighted by molar-refractivity contribution is -0.120. The fraction of sp³-hybridized carbons (Fsp3) is 0.368. The second-order valence-electron chi connectivity index (χ2n) is 6.31. The summed E-state index contributed by atoms with van der Waals surface area (Å²) in [5.74, 6) is 0.839. The highest BCUT2D eigenvalue weighted by molar-refractivity contribution is 5.96. The largest absolute Gasteiger partial charge is 0.497 e. The molecule has 0 spiro atoms. The number of ether oxygens (including phenoxy) is 1. The zero-order valence-corrected chi connectivity index (χ0v) is 15.2. The molecular weight excluding hydrogens is 346 g/mol. The average Bonchev–Trinajstić information content (AvgIpc) is 2.73. The normalized spacial score (nSPS) is 16.5. The molecule has 3 rings (SSSR count). The molecule has 2 aromatic rings. The van der Waals surface area contributed by atoms with Crippen molar-refractivity contribution in [1.29, 1.82) is 0 Å². The Labute approximate surface area is 158 Å². The van der Waals surface area contributed by atoms with Gasteiger partial charge in [-0.3, -0.25) is 9.59 Å². The number of anilines is 1. The van der Waals surface area contributed by atoms with E-state index in [2.05, 4.69) is 25.5 Å². The van der Waals surface area contributed by atoms with Gasteiger partial charge in [0.05, 0.1) is 13.7 Å². The summed E-state index contributed by atoms with van der Waals surface area (Å²) < 4.78 is 5.06. The second kappa shape index (κ2) is 8.98. The molecule has 1 fully saturated rings. The number of carbonyl (C=O) groups excluding carboxylic acids is 2. The minimum absolute atomic E-state index is 0.00736. The van der Waals surface area contributed by atoms with Crippen LogP contribution in [0.25, 0.3) is 0 Å². The number of carbonyl (C=O) groups is 2. The molecule has 1 aromatic heterocycles. The standard InChI is InChI=1S/C19H23N5O3/c1-27-16-7-5-14(6-8-16)18(26)22-12-17(25)23-15-4-2-11-24(13-15)19-20-9-3-10-21-19/h3,5-10,15H,2,4,11-13H2,1H3,(H,22,26)(H,23,25)/t15-/m1/s1. The van der Waals surface area contributed by atoms with Crippen molar-refractivity contribution in [3.05, 3.63) is 48.3 Å². The molecule has 1 saturated heterocycles. The maximum Gasteiger partial charge on any atom is 0.251 e. The van der Waals surface area contributed by atoms with E-state index in [1.165, 1.54) is 0 Å². The maximum atomic E-state index is 12.2. The SMILES string of the molecule is COc1ccc(C(=O)NCC(=O)N[C@@H]2CCCN(c3ncccn3)C2)cc1. The van der Waals surface area contributed by atoms with Crippen LogP contribution in [0.4, 0.5) is 5.95 Å². The first kappa shape index (κ1) is 18.6. The number of benzene rings is 1. The quantitative estimate of drug-likeness (QED) is 0.789. The topological polar surface area (TPSA) is 96.4 Å². The summed E-state index contributed by atoms with van der Waals surface area (Å²) in [6.45, 7) is 1.45. The Balaban J connectivity index is 1.46. The lowest BCUT2D eigenvalue weighted by Crippen LogP contribution is -2.50. The molecule has 2 heterocycles. The predicted molar refractivity (Wildman–Crippen MR) is 101 cm³/mol. The van der Waals surface area contributed by atoms with Crippen molar-refractivity contribution < 1.29 is 14.3 Å². The Bertz CT molecular complexity index is 767. The summed E-state index contributed by atoms with van der Waals surface area (Å²) in [6.07, 6.45) is 5.25. The Morgan fingerprint density at radius 2 is 1.96 bits per heavy atom. The maximum absolute atomic E-state index is 12.2. The molecule has 27 heavy (non-hydrogen) atoms. The highest BCUT2D eigenvalue weighted by Crippen LogP contribution is 2.15. The van der Waals surface area contributed by atoms with Crippen LogP contribution in [0.5, 0.6) is 5.75 Å². The Kier molecular flexibility index (Phi) is 6.19. The molecule has 142 valence electrons. The summed E-state index contributed by atoms with van der Waals surface area (Å²) in [6, 6.07) is 8.51. The molecular formula is C19H23N5O3. The van der Waals surface area contributed by atoms with Gasteiger partial charge in [0.25, 0.3) is 5.91 Å². The second-order valence-corrected chi connectivity index (χ2v) is 6.31. The van der Waals surface area contributed by atoms with Crippen molar-refractivity contribution >= 4 is 17.8 Å². The monoisotopic (exact) mass is 369 g/mol. The van der Waals surface area contributed by atoms with Gasteiger partial charge in [0, 0.05) is 37.1 Å². The van der Waals surface area contributed by atoms with E-state index in [1.807, 2.05) is 0 Å². The third-order valence-electron chi connectivity index (χ3n) is 4.38. The number of rotatable bonds is 6. The molecule has 1 aliphatic heterocycles. The molecule has 2 N–H and O–H groups in total. The van der Waals surface area contributed by atoms with E-state index in [4.69, 9.17) is 4.74 Å². The van der Waals surface area contributed by atoms with E-state index >= 15 is 0 Å². The van der Waals surface area contributed by atoms with E-state index in [1.54, 1.807) is 49.8 Å². The first-order valence-corrected chi connectivity index (χ1v) is 8.89. The van der Waals surface area contributed by atoms with Gasteiger partial charge in [-0.2, -0.15) is 0 Å². The van der Waals surface area contributed by atoms with Gasteiger partial charge in [-0.25, -0.2) is 9.97 Å². The van der Waals surface area contributed by atoms with Gasteiger partial charge in [0.15, 0.2) is 0 Å². The van der Waals surface area contributed by atoms with Crippen molar-refractivity contribution in [3.8, 4) is 5.75 Å². The fourth-order valence-electron chi connectivity index (χ4n) is 3.01. The van der Waals surface area contributed by atoms with Crippen LogP contribution in [0.1, 0.15) is 23.2 Å². The number of nitrogens with one attached hydrogen (secondary N) is 2. The van der Waals surface area contributed by atoms with Gasteiger partial charge < -0.3 is 20.3 Å². The van der Waals surface area contributed by atoms with E-state index in [0.717, 1.165) is 19.4 Å². The lowest BCUT2D eigenvalue weighted by Gasteiger charge is -2.33. The van der Waals surface area contributed by atoms with Crippen LogP contribution < -0.4 is 20.3 Å². The van der Waals surface area contributed by atoms with Crippen molar-refractivity contribution in [1.82, 2.24) is 20.6 Å². The summed E-state index contributed by atoms with van der Waals surface area (Å²) in [7, 11) is 1.57. The number of aromatic nitrogens is 2. The molecule has 0 unspecified atom stereocenters. The van der Waals surface area contributed by atoms with Gasteiger partial charge in [-0.15, -0.1) is 0 Å². The molecule has 0 bridgehead atoms. The minimum Gasteiger partial charge on any atom is -0.497 e. The molecule has 1 aliphatic rings. The molecule has 2 amide bonds. The summed E-state index contributed by atoms with van der Waals surface area (Å²) >= 11 is 0. The number of methoxy groups -OCH3 is 1. The predicted octanol–water partition coefficient (Wildman–Crippen LogP) is 1.00. The van der Waals surface area contributed by atoms with Crippen molar-refractivity contribution in [2.24, 2.45) is 0 Å².